The van der Waals surface area contributed by atoms with Crippen LogP contribution in [-0.4, -0.2) is 59.4 Å². The maximum Gasteiger partial charge on any atom is 0.334 e. The Balaban J connectivity index is 1.74. The first-order valence-corrected chi connectivity index (χ1v) is 10.1. The lowest BCUT2D eigenvalue weighted by Crippen LogP contribution is -2.44. The highest BCUT2D eigenvalue weighted by Gasteiger charge is 2.46. The molecule has 1 fully saturated rings. The third-order valence-corrected chi connectivity index (χ3v) is 5.02. The Morgan fingerprint density at radius 1 is 1.03 bits per heavy atom. The lowest BCUT2D eigenvalue weighted by molar-refractivity contribution is -0.144. The molecule has 9 heteroatoms. The maximum atomic E-state index is 12.7. The highest BCUT2D eigenvalue weighted by molar-refractivity contribution is 6.45. The molecule has 1 saturated heterocycles. The molecule has 0 unspecified atom stereocenters. The molecule has 1 aromatic rings. The Labute approximate surface area is 175 Å². The lowest BCUT2D eigenvalue weighted by atomic mass is 9.95. The number of carbonyl (C=O) groups excluding carboxylic acids is 4. The standard InChI is InChI=1S/C21H27N3O6/c1-12(2)18(14-6-7-15-16(10-14)30-9-5-8-29-15)22-17(25)11-23-19(26)20(27)24(13(3)4)21(23)28/h6-7,10,12-13,18H,5,8-9,11H2,1-4H3,(H,22,25)/t18-/m1/s1. The fourth-order valence-corrected chi connectivity index (χ4v) is 3.49. The average molecular weight is 417 g/mol. The fourth-order valence-electron chi connectivity index (χ4n) is 3.49. The molecule has 1 aromatic carbocycles. The predicted molar refractivity (Wildman–Crippen MR) is 107 cm³/mol. The first kappa shape index (κ1) is 21.6. The molecule has 2 aliphatic heterocycles. The van der Waals surface area contributed by atoms with E-state index in [0.717, 1.165) is 16.9 Å². The fraction of sp³-hybridized carbons (Fsp3) is 0.524. The van der Waals surface area contributed by atoms with Gasteiger partial charge in [0.05, 0.1) is 19.3 Å². The summed E-state index contributed by atoms with van der Waals surface area (Å²) in [6.07, 6.45) is 0.790. The van der Waals surface area contributed by atoms with Crippen molar-refractivity contribution < 1.29 is 28.7 Å². The van der Waals surface area contributed by atoms with E-state index in [2.05, 4.69) is 5.32 Å². The number of carbonyl (C=O) groups is 4. The van der Waals surface area contributed by atoms with Crippen LogP contribution in [0.25, 0.3) is 0 Å². The summed E-state index contributed by atoms with van der Waals surface area (Å²) in [6.45, 7) is 7.78. The molecule has 0 aliphatic carbocycles. The van der Waals surface area contributed by atoms with E-state index in [1.807, 2.05) is 32.0 Å². The third-order valence-electron chi connectivity index (χ3n) is 5.02. The van der Waals surface area contributed by atoms with Crippen molar-refractivity contribution in [3.8, 4) is 11.5 Å². The molecular formula is C21H27N3O6. The van der Waals surface area contributed by atoms with Gasteiger partial charge in [-0.15, -0.1) is 0 Å². The number of nitrogens with zero attached hydrogens (tertiary/aromatic N) is 2. The van der Waals surface area contributed by atoms with Crippen molar-refractivity contribution in [1.29, 1.82) is 0 Å². The van der Waals surface area contributed by atoms with Gasteiger partial charge in [0, 0.05) is 12.5 Å². The number of urea groups is 1. The van der Waals surface area contributed by atoms with Crippen LogP contribution in [0.3, 0.4) is 0 Å². The summed E-state index contributed by atoms with van der Waals surface area (Å²) in [4.78, 5) is 50.8. The molecule has 5 amide bonds. The average Bonchev–Trinajstić information content (AvgIpc) is 2.85. The van der Waals surface area contributed by atoms with Crippen molar-refractivity contribution in [2.75, 3.05) is 19.8 Å². The van der Waals surface area contributed by atoms with Crippen LogP contribution in [0.15, 0.2) is 18.2 Å². The molecule has 0 bridgehead atoms. The van der Waals surface area contributed by atoms with Gasteiger partial charge in [0.2, 0.25) is 5.91 Å². The van der Waals surface area contributed by atoms with Crippen LogP contribution in [-0.2, 0) is 14.4 Å². The molecule has 9 nitrogen and oxygen atoms in total. The van der Waals surface area contributed by atoms with Gasteiger partial charge in [-0.2, -0.15) is 0 Å². The summed E-state index contributed by atoms with van der Waals surface area (Å²) in [5.74, 6) is -1.12. The second-order valence-electron chi connectivity index (χ2n) is 7.99. The highest BCUT2D eigenvalue weighted by atomic mass is 16.5. The van der Waals surface area contributed by atoms with E-state index in [1.165, 1.54) is 0 Å². The van der Waals surface area contributed by atoms with Crippen LogP contribution in [0, 0.1) is 5.92 Å². The summed E-state index contributed by atoms with van der Waals surface area (Å²) in [5.41, 5.74) is 0.821. The molecule has 0 aromatic heterocycles. The van der Waals surface area contributed by atoms with Crippen molar-refractivity contribution >= 4 is 23.8 Å². The molecule has 0 saturated carbocycles. The Morgan fingerprint density at radius 2 is 1.70 bits per heavy atom. The molecule has 0 radical (unpaired) electrons. The van der Waals surface area contributed by atoms with Gasteiger partial charge in [-0.25, -0.2) is 9.69 Å². The Kier molecular flexibility index (Phi) is 6.28. The molecule has 162 valence electrons. The van der Waals surface area contributed by atoms with Gasteiger partial charge in [0.1, 0.15) is 6.54 Å². The molecule has 2 aliphatic rings. The number of nitrogens with one attached hydrogen (secondary N) is 1. The Morgan fingerprint density at radius 3 is 2.30 bits per heavy atom. The minimum absolute atomic E-state index is 0.0254. The zero-order chi connectivity index (χ0) is 22.0. The molecule has 1 N–H and O–H groups in total. The van der Waals surface area contributed by atoms with E-state index in [9.17, 15) is 19.2 Å². The molecular weight excluding hydrogens is 390 g/mol. The topological polar surface area (TPSA) is 105 Å². The van der Waals surface area contributed by atoms with Crippen molar-refractivity contribution in [2.45, 2.75) is 46.2 Å². The molecule has 30 heavy (non-hydrogen) atoms. The van der Waals surface area contributed by atoms with E-state index in [1.54, 1.807) is 13.8 Å². The van der Waals surface area contributed by atoms with E-state index < -0.39 is 36.3 Å². The van der Waals surface area contributed by atoms with Crippen molar-refractivity contribution in [3.05, 3.63) is 23.8 Å². The normalized spacial score (nSPS) is 17.6. The number of imide groups is 2. The zero-order valence-electron chi connectivity index (χ0n) is 17.6. The smallest absolute Gasteiger partial charge is 0.334 e. The van der Waals surface area contributed by atoms with Crippen LogP contribution in [0.1, 0.15) is 45.7 Å². The van der Waals surface area contributed by atoms with E-state index in [0.29, 0.717) is 29.6 Å². The second-order valence-corrected chi connectivity index (χ2v) is 7.99. The Bertz CT molecular complexity index is 866. The number of benzene rings is 1. The minimum atomic E-state index is -0.986. The van der Waals surface area contributed by atoms with E-state index in [4.69, 9.17) is 9.47 Å². The van der Waals surface area contributed by atoms with Crippen molar-refractivity contribution in [2.24, 2.45) is 5.92 Å². The predicted octanol–water partition coefficient (Wildman–Crippen LogP) is 1.86. The number of fused-ring (bicyclic) bond motifs is 1. The van der Waals surface area contributed by atoms with Gasteiger partial charge in [-0.3, -0.25) is 19.3 Å². The summed E-state index contributed by atoms with van der Waals surface area (Å²) in [7, 11) is 0. The molecule has 1 atom stereocenters. The second kappa shape index (κ2) is 8.73. The summed E-state index contributed by atoms with van der Waals surface area (Å²) < 4.78 is 11.4. The van der Waals surface area contributed by atoms with Crippen molar-refractivity contribution in [1.82, 2.24) is 15.1 Å². The van der Waals surface area contributed by atoms with Crippen LogP contribution in [0.4, 0.5) is 4.79 Å². The number of rotatable bonds is 6. The zero-order valence-corrected chi connectivity index (χ0v) is 17.6. The molecule has 3 rings (SSSR count). The third kappa shape index (κ3) is 4.24. The van der Waals surface area contributed by atoms with Gasteiger partial charge in [0.15, 0.2) is 11.5 Å². The van der Waals surface area contributed by atoms with Gasteiger partial charge in [-0.1, -0.05) is 19.9 Å². The van der Waals surface area contributed by atoms with Crippen LogP contribution in [0.5, 0.6) is 11.5 Å². The monoisotopic (exact) mass is 417 g/mol. The minimum Gasteiger partial charge on any atom is -0.490 e. The SMILES string of the molecule is CC(C)[C@@H](NC(=O)CN1C(=O)C(=O)N(C(C)C)C1=O)c1ccc2c(c1)OCCCO2. The number of hydrogen-bond donors (Lipinski definition) is 1. The molecule has 2 heterocycles. The van der Waals surface area contributed by atoms with Crippen molar-refractivity contribution in [3.63, 3.8) is 0 Å². The number of amides is 5. The summed E-state index contributed by atoms with van der Waals surface area (Å²) in [6, 6.07) is 3.89. The summed E-state index contributed by atoms with van der Waals surface area (Å²) in [5, 5.41) is 2.87. The maximum absolute atomic E-state index is 12.7. The number of hydrogen-bond acceptors (Lipinski definition) is 6. The number of ether oxygens (including phenoxy) is 2. The van der Waals surface area contributed by atoms with Crippen LogP contribution in [0.2, 0.25) is 0 Å². The van der Waals surface area contributed by atoms with E-state index in [-0.39, 0.29) is 12.0 Å². The largest absolute Gasteiger partial charge is 0.490 e. The van der Waals surface area contributed by atoms with Gasteiger partial charge in [0.25, 0.3) is 0 Å². The Hall–Kier alpha value is -3.10. The first-order chi connectivity index (χ1) is 14.2. The van der Waals surface area contributed by atoms with Gasteiger partial charge in [-0.05, 0) is 37.5 Å². The lowest BCUT2D eigenvalue weighted by Gasteiger charge is -2.25. The summed E-state index contributed by atoms with van der Waals surface area (Å²) >= 11 is 0. The molecule has 0 spiro atoms. The van der Waals surface area contributed by atoms with Gasteiger partial charge >= 0.3 is 17.8 Å². The quantitative estimate of drug-likeness (QED) is 0.560. The van der Waals surface area contributed by atoms with Gasteiger partial charge < -0.3 is 14.8 Å². The first-order valence-electron chi connectivity index (χ1n) is 10.1. The highest BCUT2D eigenvalue weighted by Crippen LogP contribution is 2.34. The van der Waals surface area contributed by atoms with Crippen LogP contribution < -0.4 is 14.8 Å². The van der Waals surface area contributed by atoms with Crippen LogP contribution >= 0.6 is 0 Å². The van der Waals surface area contributed by atoms with E-state index >= 15 is 0 Å².